The highest BCUT2D eigenvalue weighted by Gasteiger charge is 2.19. The minimum Gasteiger partial charge on any atom is -0.478 e. The summed E-state index contributed by atoms with van der Waals surface area (Å²) in [5.41, 5.74) is 1.92. The Morgan fingerprint density at radius 3 is 2.82 bits per heavy atom. The Morgan fingerprint density at radius 2 is 2.18 bits per heavy atom. The molecule has 0 spiro atoms. The van der Waals surface area contributed by atoms with E-state index in [1.807, 2.05) is 29.5 Å². The van der Waals surface area contributed by atoms with Crippen LogP contribution >= 0.6 is 11.3 Å². The van der Waals surface area contributed by atoms with Gasteiger partial charge in [-0.1, -0.05) is 0 Å². The summed E-state index contributed by atoms with van der Waals surface area (Å²) in [6.07, 6.45) is 1.71. The van der Waals surface area contributed by atoms with Crippen LogP contribution in [0.15, 0.2) is 29.8 Å². The van der Waals surface area contributed by atoms with Gasteiger partial charge in [-0.05, 0) is 18.2 Å². The van der Waals surface area contributed by atoms with Crippen LogP contribution in [0.3, 0.4) is 0 Å². The second kappa shape index (κ2) is 6.33. The molecule has 1 aromatic heterocycles. The maximum Gasteiger partial charge on any atom is 0.337 e. The summed E-state index contributed by atoms with van der Waals surface area (Å²) >= 11 is 1.48. The molecule has 0 bridgehead atoms. The molecule has 1 fully saturated rings. The third-order valence-corrected chi connectivity index (χ3v) is 4.50. The molecule has 2 heterocycles. The number of carboxylic acid groups (broad SMARTS) is 1. The lowest BCUT2D eigenvalue weighted by Crippen LogP contribution is -2.36. The van der Waals surface area contributed by atoms with Crippen molar-refractivity contribution in [2.45, 2.75) is 0 Å². The first-order valence-corrected chi connectivity index (χ1v) is 7.88. The highest BCUT2D eigenvalue weighted by Crippen LogP contribution is 2.32. The van der Waals surface area contributed by atoms with Crippen molar-refractivity contribution < 1.29 is 14.6 Å². The van der Waals surface area contributed by atoms with Gasteiger partial charge in [-0.15, -0.1) is 11.3 Å². The van der Waals surface area contributed by atoms with Gasteiger partial charge in [0.2, 0.25) is 0 Å². The van der Waals surface area contributed by atoms with E-state index in [9.17, 15) is 9.90 Å². The summed E-state index contributed by atoms with van der Waals surface area (Å²) in [5, 5.41) is 12.1. The van der Waals surface area contributed by atoms with Gasteiger partial charge in [0, 0.05) is 37.4 Å². The van der Waals surface area contributed by atoms with Crippen LogP contribution in [0, 0.1) is 0 Å². The van der Waals surface area contributed by atoms with Crippen LogP contribution in [-0.4, -0.2) is 49.4 Å². The fourth-order valence-electron chi connectivity index (χ4n) is 2.48. The normalized spacial score (nSPS) is 14.9. The average Bonchev–Trinajstić information content (AvgIpc) is 3.09. The number of nitrogens with zero attached hydrogens (tertiary/aromatic N) is 3. The predicted molar refractivity (Wildman–Crippen MR) is 86.6 cm³/mol. The third-order valence-electron chi connectivity index (χ3n) is 3.66. The Labute approximate surface area is 132 Å². The largest absolute Gasteiger partial charge is 0.478 e. The quantitative estimate of drug-likeness (QED) is 0.934. The molecule has 3 rings (SSSR count). The molecular weight excluding hydrogens is 302 g/mol. The Bertz CT molecular complexity index is 654. The molecule has 1 aliphatic rings. The number of rotatable bonds is 4. The molecule has 0 amide bonds. The number of carbonyl (C=O) groups is 1. The number of carboxylic acids is 1. The molecule has 2 aromatic rings. The topological polar surface area (TPSA) is 65.9 Å². The molecule has 7 heteroatoms. The number of benzene rings is 1. The van der Waals surface area contributed by atoms with Crippen molar-refractivity contribution in [3.63, 3.8) is 0 Å². The molecule has 0 aliphatic carbocycles. The van der Waals surface area contributed by atoms with Gasteiger partial charge in [0.25, 0.3) is 0 Å². The van der Waals surface area contributed by atoms with Crippen molar-refractivity contribution in [2.75, 3.05) is 43.2 Å². The molecule has 0 atom stereocenters. The van der Waals surface area contributed by atoms with Crippen LogP contribution in [-0.2, 0) is 4.74 Å². The van der Waals surface area contributed by atoms with Crippen molar-refractivity contribution in [3.05, 3.63) is 35.3 Å². The lowest BCUT2D eigenvalue weighted by Gasteiger charge is -2.30. The molecule has 22 heavy (non-hydrogen) atoms. The van der Waals surface area contributed by atoms with E-state index >= 15 is 0 Å². The molecule has 6 nitrogen and oxygen atoms in total. The van der Waals surface area contributed by atoms with E-state index < -0.39 is 5.97 Å². The first kappa shape index (κ1) is 14.8. The Morgan fingerprint density at radius 1 is 1.41 bits per heavy atom. The highest BCUT2D eigenvalue weighted by atomic mass is 32.1. The van der Waals surface area contributed by atoms with Crippen molar-refractivity contribution >= 4 is 33.8 Å². The van der Waals surface area contributed by atoms with Crippen LogP contribution in [0.1, 0.15) is 10.4 Å². The first-order valence-electron chi connectivity index (χ1n) is 7.00. The van der Waals surface area contributed by atoms with E-state index in [0.717, 1.165) is 23.9 Å². The van der Waals surface area contributed by atoms with Gasteiger partial charge < -0.3 is 19.6 Å². The lowest BCUT2D eigenvalue weighted by atomic mass is 10.1. The van der Waals surface area contributed by atoms with E-state index in [1.165, 1.54) is 11.3 Å². The van der Waals surface area contributed by atoms with Gasteiger partial charge in [0.15, 0.2) is 5.13 Å². The average molecular weight is 319 g/mol. The van der Waals surface area contributed by atoms with Crippen molar-refractivity contribution in [2.24, 2.45) is 0 Å². The van der Waals surface area contributed by atoms with Crippen molar-refractivity contribution in [1.29, 1.82) is 0 Å². The number of hydrogen-bond donors (Lipinski definition) is 1. The standard InChI is InChI=1S/C15H17N3O3S/c1-17(15-16-4-9-22-15)13-10-11(2-3-12(13)14(19)20)18-5-7-21-8-6-18/h2-4,9-10H,5-8H2,1H3,(H,19,20). The molecule has 0 saturated carbocycles. The van der Waals surface area contributed by atoms with E-state index in [4.69, 9.17) is 4.74 Å². The summed E-state index contributed by atoms with van der Waals surface area (Å²) < 4.78 is 5.37. The molecule has 1 aliphatic heterocycles. The maximum absolute atomic E-state index is 11.5. The molecule has 1 saturated heterocycles. The second-order valence-electron chi connectivity index (χ2n) is 4.98. The smallest absolute Gasteiger partial charge is 0.337 e. The SMILES string of the molecule is CN(c1nccs1)c1cc(N2CCOCC2)ccc1C(=O)O. The number of ether oxygens (including phenoxy) is 1. The van der Waals surface area contributed by atoms with Crippen LogP contribution in [0.2, 0.25) is 0 Å². The number of aromatic carboxylic acids is 1. The van der Waals surface area contributed by atoms with E-state index in [-0.39, 0.29) is 5.56 Å². The molecule has 0 unspecified atom stereocenters. The second-order valence-corrected chi connectivity index (χ2v) is 5.85. The fourth-order valence-corrected chi connectivity index (χ4v) is 3.10. The molecular formula is C15H17N3O3S. The summed E-state index contributed by atoms with van der Waals surface area (Å²) in [7, 11) is 1.84. The zero-order chi connectivity index (χ0) is 15.5. The van der Waals surface area contributed by atoms with Crippen molar-refractivity contribution in [3.8, 4) is 0 Å². The first-order chi connectivity index (χ1) is 10.7. The summed E-state index contributed by atoms with van der Waals surface area (Å²) in [6, 6.07) is 5.43. The highest BCUT2D eigenvalue weighted by molar-refractivity contribution is 7.13. The monoisotopic (exact) mass is 319 g/mol. The van der Waals surface area contributed by atoms with Crippen LogP contribution < -0.4 is 9.80 Å². The molecule has 1 aromatic carbocycles. The molecule has 116 valence electrons. The van der Waals surface area contributed by atoms with Crippen LogP contribution in [0.5, 0.6) is 0 Å². The van der Waals surface area contributed by atoms with Gasteiger partial charge in [0.1, 0.15) is 0 Å². The van der Waals surface area contributed by atoms with E-state index in [1.54, 1.807) is 12.3 Å². The molecule has 0 radical (unpaired) electrons. The maximum atomic E-state index is 11.5. The number of morpholine rings is 1. The summed E-state index contributed by atoms with van der Waals surface area (Å²) in [4.78, 5) is 19.8. The number of anilines is 3. The van der Waals surface area contributed by atoms with Crippen LogP contribution in [0.25, 0.3) is 0 Å². The van der Waals surface area contributed by atoms with Crippen LogP contribution in [0.4, 0.5) is 16.5 Å². The minimum atomic E-state index is -0.938. The Kier molecular flexibility index (Phi) is 4.26. The van der Waals surface area contributed by atoms with Gasteiger partial charge in [0.05, 0.1) is 24.5 Å². The van der Waals surface area contributed by atoms with E-state index in [0.29, 0.717) is 18.9 Å². The van der Waals surface area contributed by atoms with Gasteiger partial charge in [-0.2, -0.15) is 0 Å². The zero-order valence-electron chi connectivity index (χ0n) is 12.2. The molecule has 1 N–H and O–H groups in total. The lowest BCUT2D eigenvalue weighted by molar-refractivity contribution is 0.0697. The predicted octanol–water partition coefficient (Wildman–Crippen LogP) is 2.45. The third kappa shape index (κ3) is 2.90. The van der Waals surface area contributed by atoms with Crippen molar-refractivity contribution in [1.82, 2.24) is 4.98 Å². The number of aromatic nitrogens is 1. The fraction of sp³-hybridized carbons (Fsp3) is 0.333. The Hall–Kier alpha value is -2.12. The van der Waals surface area contributed by atoms with Gasteiger partial charge in [-0.3, -0.25) is 0 Å². The summed E-state index contributed by atoms with van der Waals surface area (Å²) in [5.74, 6) is -0.938. The summed E-state index contributed by atoms with van der Waals surface area (Å²) in [6.45, 7) is 3.01. The minimum absolute atomic E-state index is 0.273. The van der Waals surface area contributed by atoms with E-state index in [2.05, 4.69) is 9.88 Å². The van der Waals surface area contributed by atoms with Gasteiger partial charge in [-0.25, -0.2) is 9.78 Å². The number of thiazole rings is 1. The Balaban J connectivity index is 1.99. The van der Waals surface area contributed by atoms with Gasteiger partial charge >= 0.3 is 5.97 Å². The number of hydrogen-bond acceptors (Lipinski definition) is 6. The zero-order valence-corrected chi connectivity index (χ0v) is 13.0.